The van der Waals surface area contributed by atoms with Crippen LogP contribution in [0.25, 0.3) is 0 Å². The van der Waals surface area contributed by atoms with Crippen molar-refractivity contribution in [1.29, 1.82) is 0 Å². The molecule has 120 valence electrons. The lowest BCUT2D eigenvalue weighted by molar-refractivity contribution is -0.141. The highest BCUT2D eigenvalue weighted by Gasteiger charge is 2.14. The second kappa shape index (κ2) is 9.60. The summed E-state index contributed by atoms with van der Waals surface area (Å²) in [6, 6.07) is 7.43. The van der Waals surface area contributed by atoms with Crippen LogP contribution in [0, 0.1) is 0 Å². The minimum Gasteiger partial charge on any atom is -0.494 e. The van der Waals surface area contributed by atoms with Crippen LogP contribution in [0.2, 0.25) is 0 Å². The number of methoxy groups -OCH3 is 1. The Bertz CT molecular complexity index is 496. The molecule has 0 unspecified atom stereocenters. The van der Waals surface area contributed by atoms with Crippen LogP contribution in [0.1, 0.15) is 18.9 Å². The number of nitrogens with zero attached hydrogens (tertiary/aromatic N) is 1. The molecule has 1 aromatic carbocycles. The van der Waals surface area contributed by atoms with Gasteiger partial charge in [0.2, 0.25) is 5.91 Å². The Hall–Kier alpha value is -2.30. The van der Waals surface area contributed by atoms with Gasteiger partial charge in [0.05, 0.1) is 26.6 Å². The quantitative estimate of drug-likeness (QED) is 0.518. The summed E-state index contributed by atoms with van der Waals surface area (Å²) in [7, 11) is 1.34. The van der Waals surface area contributed by atoms with E-state index in [0.29, 0.717) is 19.7 Å². The molecule has 0 aromatic heterocycles. The highest BCUT2D eigenvalue weighted by Crippen LogP contribution is 2.13. The molecule has 0 heterocycles. The molecule has 5 heteroatoms. The van der Waals surface area contributed by atoms with E-state index in [0.717, 1.165) is 11.3 Å². The highest BCUT2D eigenvalue weighted by molar-refractivity contribution is 5.79. The molecule has 0 fully saturated rings. The van der Waals surface area contributed by atoms with Crippen molar-refractivity contribution in [2.24, 2.45) is 0 Å². The fourth-order valence-corrected chi connectivity index (χ4v) is 1.96. The number of hydrogen-bond donors (Lipinski definition) is 0. The van der Waals surface area contributed by atoms with Crippen LogP contribution in [-0.2, 0) is 20.7 Å². The number of amides is 1. The maximum absolute atomic E-state index is 12.3. The molecule has 1 amide bonds. The van der Waals surface area contributed by atoms with Crippen LogP contribution < -0.4 is 4.74 Å². The number of esters is 1. The molecule has 22 heavy (non-hydrogen) atoms. The molecule has 0 saturated heterocycles. The number of carbonyl (C=O) groups excluding carboxylic acids is 2. The van der Waals surface area contributed by atoms with Gasteiger partial charge in [-0.3, -0.25) is 9.59 Å². The van der Waals surface area contributed by atoms with Gasteiger partial charge in [-0.05, 0) is 24.6 Å². The van der Waals surface area contributed by atoms with E-state index < -0.39 is 0 Å². The normalized spacial score (nSPS) is 9.91. The first-order valence-electron chi connectivity index (χ1n) is 7.28. The summed E-state index contributed by atoms with van der Waals surface area (Å²) >= 11 is 0. The van der Waals surface area contributed by atoms with Crippen molar-refractivity contribution in [1.82, 2.24) is 4.90 Å². The predicted octanol–water partition coefficient (Wildman–Crippen LogP) is 2.21. The number of rotatable bonds is 9. The van der Waals surface area contributed by atoms with Crippen LogP contribution in [0.5, 0.6) is 5.75 Å². The van der Waals surface area contributed by atoms with Gasteiger partial charge in [0.1, 0.15) is 5.75 Å². The van der Waals surface area contributed by atoms with E-state index in [4.69, 9.17) is 4.74 Å². The largest absolute Gasteiger partial charge is 0.494 e. The standard InChI is InChI=1S/C17H23NO4/c1-4-11-18(12-10-17(20)21-3)16(19)13-14-6-8-15(9-7-14)22-5-2/h4,6-9H,1,5,10-13H2,2-3H3. The van der Waals surface area contributed by atoms with Gasteiger partial charge in [0.15, 0.2) is 0 Å². The maximum atomic E-state index is 12.3. The third kappa shape index (κ3) is 5.99. The third-order valence-electron chi connectivity index (χ3n) is 3.11. The Balaban J connectivity index is 2.61. The minimum absolute atomic E-state index is 0.0482. The van der Waals surface area contributed by atoms with Gasteiger partial charge >= 0.3 is 5.97 Å². The van der Waals surface area contributed by atoms with E-state index in [-0.39, 0.29) is 24.7 Å². The molecule has 0 atom stereocenters. The second-order valence-electron chi connectivity index (χ2n) is 4.71. The average molecular weight is 305 g/mol. The van der Waals surface area contributed by atoms with E-state index in [1.54, 1.807) is 11.0 Å². The van der Waals surface area contributed by atoms with Crippen molar-refractivity contribution in [3.8, 4) is 5.75 Å². The first-order valence-corrected chi connectivity index (χ1v) is 7.28. The maximum Gasteiger partial charge on any atom is 0.307 e. The summed E-state index contributed by atoms with van der Waals surface area (Å²) in [5.41, 5.74) is 0.903. The molecule has 0 N–H and O–H groups in total. The van der Waals surface area contributed by atoms with Gasteiger partial charge in [0.25, 0.3) is 0 Å². The van der Waals surface area contributed by atoms with Gasteiger partial charge in [-0.25, -0.2) is 0 Å². The minimum atomic E-state index is -0.331. The third-order valence-corrected chi connectivity index (χ3v) is 3.11. The predicted molar refractivity (Wildman–Crippen MR) is 84.7 cm³/mol. The Morgan fingerprint density at radius 3 is 2.50 bits per heavy atom. The monoisotopic (exact) mass is 305 g/mol. The first kappa shape index (κ1) is 17.8. The molecule has 0 spiro atoms. The van der Waals surface area contributed by atoms with Gasteiger partial charge in [0, 0.05) is 13.1 Å². The summed E-state index contributed by atoms with van der Waals surface area (Å²) < 4.78 is 9.97. The molecule has 0 bridgehead atoms. The summed E-state index contributed by atoms with van der Waals surface area (Å²) in [5, 5.41) is 0. The van der Waals surface area contributed by atoms with E-state index >= 15 is 0 Å². The number of benzene rings is 1. The number of ether oxygens (including phenoxy) is 2. The van der Waals surface area contributed by atoms with Crippen molar-refractivity contribution in [2.75, 3.05) is 26.8 Å². The zero-order valence-corrected chi connectivity index (χ0v) is 13.2. The molecule has 0 aliphatic carbocycles. The molecule has 0 saturated carbocycles. The molecule has 0 radical (unpaired) electrons. The molecule has 5 nitrogen and oxygen atoms in total. The number of carbonyl (C=O) groups is 2. The lowest BCUT2D eigenvalue weighted by atomic mass is 10.1. The van der Waals surface area contributed by atoms with E-state index in [1.807, 2.05) is 31.2 Å². The van der Waals surface area contributed by atoms with Crippen molar-refractivity contribution in [2.45, 2.75) is 19.8 Å². The van der Waals surface area contributed by atoms with Crippen LogP contribution in [0.4, 0.5) is 0 Å². The molecule has 0 aliphatic rings. The van der Waals surface area contributed by atoms with Crippen LogP contribution in [-0.4, -0.2) is 43.6 Å². The van der Waals surface area contributed by atoms with Gasteiger partial charge < -0.3 is 14.4 Å². The van der Waals surface area contributed by atoms with Crippen LogP contribution >= 0.6 is 0 Å². The van der Waals surface area contributed by atoms with Crippen molar-refractivity contribution < 1.29 is 19.1 Å². The molecule has 0 aliphatic heterocycles. The Morgan fingerprint density at radius 1 is 1.27 bits per heavy atom. The average Bonchev–Trinajstić information content (AvgIpc) is 2.53. The molecular formula is C17H23NO4. The summed E-state index contributed by atoms with van der Waals surface area (Å²) in [6.07, 6.45) is 2.11. The SMILES string of the molecule is C=CCN(CCC(=O)OC)C(=O)Cc1ccc(OCC)cc1. The molecular weight excluding hydrogens is 282 g/mol. The van der Waals surface area contributed by atoms with E-state index in [2.05, 4.69) is 11.3 Å². The van der Waals surface area contributed by atoms with Gasteiger partial charge in [-0.1, -0.05) is 18.2 Å². The van der Waals surface area contributed by atoms with Crippen molar-refractivity contribution in [3.05, 3.63) is 42.5 Å². The van der Waals surface area contributed by atoms with Crippen LogP contribution in [0.15, 0.2) is 36.9 Å². The summed E-state index contributed by atoms with van der Waals surface area (Å²) in [5.74, 6) is 0.406. The molecule has 1 rings (SSSR count). The Kier molecular flexibility index (Phi) is 7.75. The highest BCUT2D eigenvalue weighted by atomic mass is 16.5. The zero-order chi connectivity index (χ0) is 16.4. The first-order chi connectivity index (χ1) is 10.6. The van der Waals surface area contributed by atoms with Crippen molar-refractivity contribution in [3.63, 3.8) is 0 Å². The fraction of sp³-hybridized carbons (Fsp3) is 0.412. The number of hydrogen-bond acceptors (Lipinski definition) is 4. The van der Waals surface area contributed by atoms with Gasteiger partial charge in [-0.2, -0.15) is 0 Å². The lowest BCUT2D eigenvalue weighted by Gasteiger charge is -2.20. The fourth-order valence-electron chi connectivity index (χ4n) is 1.96. The Morgan fingerprint density at radius 2 is 1.95 bits per heavy atom. The van der Waals surface area contributed by atoms with E-state index in [1.165, 1.54) is 7.11 Å². The second-order valence-corrected chi connectivity index (χ2v) is 4.71. The molecule has 1 aromatic rings. The summed E-state index contributed by atoms with van der Waals surface area (Å²) in [6.45, 7) is 6.91. The zero-order valence-electron chi connectivity index (χ0n) is 13.2. The van der Waals surface area contributed by atoms with E-state index in [9.17, 15) is 9.59 Å². The van der Waals surface area contributed by atoms with Gasteiger partial charge in [-0.15, -0.1) is 6.58 Å². The Labute approximate surface area is 131 Å². The topological polar surface area (TPSA) is 55.8 Å². The lowest BCUT2D eigenvalue weighted by Crippen LogP contribution is -2.34. The smallest absolute Gasteiger partial charge is 0.307 e. The van der Waals surface area contributed by atoms with Crippen LogP contribution in [0.3, 0.4) is 0 Å². The van der Waals surface area contributed by atoms with Crippen molar-refractivity contribution >= 4 is 11.9 Å². The summed E-state index contributed by atoms with van der Waals surface area (Å²) in [4.78, 5) is 25.1.